The third-order valence-corrected chi connectivity index (χ3v) is 5.27. The molecule has 4 rings (SSSR count). The van der Waals surface area contributed by atoms with Crippen molar-refractivity contribution in [1.29, 1.82) is 0 Å². The number of aromatic nitrogens is 4. The van der Waals surface area contributed by atoms with Gasteiger partial charge in [0, 0.05) is 51.4 Å². The van der Waals surface area contributed by atoms with Crippen LogP contribution >= 0.6 is 0 Å². The van der Waals surface area contributed by atoms with Crippen molar-refractivity contribution in [2.75, 3.05) is 37.0 Å². The number of hydrogen-bond acceptors (Lipinski definition) is 7. The van der Waals surface area contributed by atoms with Gasteiger partial charge in [-0.2, -0.15) is 5.10 Å². The summed E-state index contributed by atoms with van der Waals surface area (Å²) in [6, 6.07) is 12.4. The molecule has 0 spiro atoms. The summed E-state index contributed by atoms with van der Waals surface area (Å²) >= 11 is 0. The van der Waals surface area contributed by atoms with Gasteiger partial charge in [-0.1, -0.05) is 30.3 Å². The predicted octanol–water partition coefficient (Wildman–Crippen LogP) is 1.66. The molecule has 29 heavy (non-hydrogen) atoms. The minimum Gasteiger partial charge on any atom is -0.391 e. The summed E-state index contributed by atoms with van der Waals surface area (Å²) in [5, 5.41) is 21.1. The molecule has 2 aromatic heterocycles. The highest BCUT2D eigenvalue weighted by atomic mass is 16.3. The lowest BCUT2D eigenvalue weighted by Crippen LogP contribution is -2.38. The summed E-state index contributed by atoms with van der Waals surface area (Å²) in [6.07, 6.45) is 3.80. The summed E-state index contributed by atoms with van der Waals surface area (Å²) in [5.41, 5.74) is 3.30. The summed E-state index contributed by atoms with van der Waals surface area (Å²) in [4.78, 5) is 12.8. The fourth-order valence-electron chi connectivity index (χ4n) is 3.78. The Bertz CT molecular complexity index is 928. The zero-order valence-corrected chi connectivity index (χ0v) is 16.8. The van der Waals surface area contributed by atoms with Gasteiger partial charge in [0.05, 0.1) is 18.0 Å². The monoisotopic (exact) mass is 393 g/mol. The van der Waals surface area contributed by atoms with Crippen molar-refractivity contribution in [2.24, 2.45) is 0 Å². The second-order valence-electron chi connectivity index (χ2n) is 7.58. The SMILES string of the molecule is CN(C)c1cc(N2C[C@H](O)C[C@@H]2CNCc2[nH]ncc2-c2ccccc2)ncn1. The van der Waals surface area contributed by atoms with Gasteiger partial charge in [0.1, 0.15) is 18.0 Å². The Morgan fingerprint density at radius 2 is 2.07 bits per heavy atom. The summed E-state index contributed by atoms with van der Waals surface area (Å²) < 4.78 is 0. The second-order valence-corrected chi connectivity index (χ2v) is 7.58. The number of rotatable bonds is 7. The van der Waals surface area contributed by atoms with Crippen LogP contribution in [0.2, 0.25) is 0 Å². The number of benzene rings is 1. The largest absolute Gasteiger partial charge is 0.391 e. The van der Waals surface area contributed by atoms with E-state index < -0.39 is 0 Å². The molecule has 1 aromatic carbocycles. The minimum absolute atomic E-state index is 0.165. The van der Waals surface area contributed by atoms with Crippen LogP contribution in [0, 0.1) is 0 Å². The molecule has 1 aliphatic heterocycles. The Hall–Kier alpha value is -2.97. The van der Waals surface area contributed by atoms with E-state index in [1.165, 1.54) is 0 Å². The van der Waals surface area contributed by atoms with E-state index >= 15 is 0 Å². The molecule has 3 aromatic rings. The van der Waals surface area contributed by atoms with Gasteiger partial charge in [-0.05, 0) is 12.0 Å². The quantitative estimate of drug-likeness (QED) is 0.562. The van der Waals surface area contributed by atoms with Crippen molar-refractivity contribution in [3.05, 3.63) is 54.6 Å². The Kier molecular flexibility index (Phi) is 5.73. The normalized spacial score (nSPS) is 18.9. The van der Waals surface area contributed by atoms with E-state index in [0.29, 0.717) is 19.5 Å². The molecule has 0 unspecified atom stereocenters. The lowest BCUT2D eigenvalue weighted by atomic mass is 10.1. The van der Waals surface area contributed by atoms with Gasteiger partial charge in [0.15, 0.2) is 0 Å². The summed E-state index contributed by atoms with van der Waals surface area (Å²) in [7, 11) is 3.91. The van der Waals surface area contributed by atoms with Crippen LogP contribution in [0.3, 0.4) is 0 Å². The van der Waals surface area contributed by atoms with Crippen molar-refractivity contribution >= 4 is 11.6 Å². The third-order valence-electron chi connectivity index (χ3n) is 5.27. The Morgan fingerprint density at radius 3 is 2.86 bits per heavy atom. The van der Waals surface area contributed by atoms with Crippen LogP contribution in [-0.4, -0.2) is 64.6 Å². The van der Waals surface area contributed by atoms with Crippen molar-refractivity contribution in [3.63, 3.8) is 0 Å². The lowest BCUT2D eigenvalue weighted by Gasteiger charge is -2.26. The van der Waals surface area contributed by atoms with Crippen molar-refractivity contribution < 1.29 is 5.11 Å². The van der Waals surface area contributed by atoms with Crippen LogP contribution in [0.1, 0.15) is 12.1 Å². The zero-order chi connectivity index (χ0) is 20.2. The van der Waals surface area contributed by atoms with Gasteiger partial charge in [-0.25, -0.2) is 9.97 Å². The van der Waals surface area contributed by atoms with Gasteiger partial charge in [-0.15, -0.1) is 0 Å². The second kappa shape index (κ2) is 8.59. The molecular weight excluding hydrogens is 366 g/mol. The number of β-amino-alcohol motifs (C(OH)–C–C–N with tert-alkyl or cyclic N) is 1. The molecule has 1 fully saturated rings. The molecule has 2 atom stereocenters. The van der Waals surface area contributed by atoms with Gasteiger partial charge in [0.2, 0.25) is 0 Å². The number of hydrogen-bond donors (Lipinski definition) is 3. The Balaban J connectivity index is 1.42. The maximum absolute atomic E-state index is 10.2. The van der Waals surface area contributed by atoms with Crippen LogP contribution in [0.15, 0.2) is 48.9 Å². The summed E-state index contributed by atoms with van der Waals surface area (Å²) in [5.74, 6) is 1.70. The van der Waals surface area contributed by atoms with E-state index in [4.69, 9.17) is 0 Å². The maximum Gasteiger partial charge on any atom is 0.134 e. The van der Waals surface area contributed by atoms with Crippen molar-refractivity contribution in [3.8, 4) is 11.1 Å². The molecule has 0 amide bonds. The fraction of sp³-hybridized carbons (Fsp3) is 0.381. The molecule has 8 heteroatoms. The number of aromatic amines is 1. The molecule has 3 heterocycles. The first-order valence-electron chi connectivity index (χ1n) is 9.84. The van der Waals surface area contributed by atoms with Gasteiger partial charge < -0.3 is 20.2 Å². The highest BCUT2D eigenvalue weighted by Crippen LogP contribution is 2.26. The number of nitrogens with one attached hydrogen (secondary N) is 2. The molecule has 1 aliphatic rings. The van der Waals surface area contributed by atoms with Crippen molar-refractivity contribution in [2.45, 2.75) is 25.1 Å². The van der Waals surface area contributed by atoms with Crippen LogP contribution < -0.4 is 15.1 Å². The molecule has 0 aliphatic carbocycles. The highest BCUT2D eigenvalue weighted by Gasteiger charge is 2.31. The first-order valence-corrected chi connectivity index (χ1v) is 9.84. The number of aliphatic hydroxyl groups is 1. The Labute approximate surface area is 170 Å². The minimum atomic E-state index is -0.355. The average molecular weight is 393 g/mol. The molecule has 152 valence electrons. The van der Waals surface area contributed by atoms with E-state index in [1.54, 1.807) is 6.33 Å². The lowest BCUT2D eigenvalue weighted by molar-refractivity contribution is 0.194. The third kappa shape index (κ3) is 4.38. The number of nitrogens with zero attached hydrogens (tertiary/aromatic N) is 5. The molecule has 1 saturated heterocycles. The van der Waals surface area contributed by atoms with E-state index in [1.807, 2.05) is 49.5 Å². The van der Waals surface area contributed by atoms with Crippen molar-refractivity contribution in [1.82, 2.24) is 25.5 Å². The van der Waals surface area contributed by atoms with Gasteiger partial charge in [-0.3, -0.25) is 5.10 Å². The smallest absolute Gasteiger partial charge is 0.134 e. The van der Waals surface area contributed by atoms with E-state index in [-0.39, 0.29) is 12.1 Å². The zero-order valence-electron chi connectivity index (χ0n) is 16.8. The van der Waals surface area contributed by atoms with E-state index in [0.717, 1.165) is 35.0 Å². The van der Waals surface area contributed by atoms with Crippen LogP contribution in [0.5, 0.6) is 0 Å². The number of H-pyrrole nitrogens is 1. The number of anilines is 2. The Morgan fingerprint density at radius 1 is 1.24 bits per heavy atom. The van der Waals surface area contributed by atoms with Crippen LogP contribution in [0.4, 0.5) is 11.6 Å². The molecule has 0 saturated carbocycles. The van der Waals surface area contributed by atoms with Gasteiger partial charge in [0.25, 0.3) is 0 Å². The topological polar surface area (TPSA) is 93.2 Å². The average Bonchev–Trinajstić information content (AvgIpc) is 3.35. The van der Waals surface area contributed by atoms with E-state index in [2.05, 4.69) is 42.5 Å². The first-order chi connectivity index (χ1) is 14.1. The number of aliphatic hydroxyl groups excluding tert-OH is 1. The molecule has 8 nitrogen and oxygen atoms in total. The van der Waals surface area contributed by atoms with Crippen LogP contribution in [-0.2, 0) is 6.54 Å². The first kappa shape index (κ1) is 19.4. The molecular formula is C21H27N7O. The van der Waals surface area contributed by atoms with Crippen LogP contribution in [0.25, 0.3) is 11.1 Å². The molecule has 0 radical (unpaired) electrons. The molecule has 3 N–H and O–H groups in total. The maximum atomic E-state index is 10.2. The predicted molar refractivity (Wildman–Crippen MR) is 114 cm³/mol. The van der Waals surface area contributed by atoms with E-state index in [9.17, 15) is 5.11 Å². The highest BCUT2D eigenvalue weighted by molar-refractivity contribution is 5.64. The fourth-order valence-corrected chi connectivity index (χ4v) is 3.78. The van der Waals surface area contributed by atoms with Gasteiger partial charge >= 0.3 is 0 Å². The summed E-state index contributed by atoms with van der Waals surface area (Å²) in [6.45, 7) is 2.00. The molecule has 0 bridgehead atoms. The standard InChI is InChI=1S/C21H27N7O/c1-27(2)20-9-21(24-14-23-20)28-13-17(29)8-16(28)10-22-12-19-18(11-25-26-19)15-6-4-3-5-7-15/h3-7,9,11,14,16-17,22,29H,8,10,12-13H2,1-2H3,(H,25,26)/t16-,17-/m1/s1.